The lowest BCUT2D eigenvalue weighted by Gasteiger charge is -2.27. The van der Waals surface area contributed by atoms with Crippen LogP contribution in [0.25, 0.3) is 0 Å². The molecule has 0 amide bonds. The van der Waals surface area contributed by atoms with E-state index in [0.717, 1.165) is 45.1 Å². The molecule has 2 rings (SSSR count). The molecule has 1 aromatic rings. The van der Waals surface area contributed by atoms with E-state index in [1.807, 2.05) is 0 Å². The highest BCUT2D eigenvalue weighted by atomic mass is 15.3. The minimum atomic E-state index is 0.474. The van der Waals surface area contributed by atoms with Gasteiger partial charge in [0.2, 0.25) is 0 Å². The third kappa shape index (κ3) is 3.80. The van der Waals surface area contributed by atoms with E-state index in [1.54, 1.807) is 0 Å². The van der Waals surface area contributed by atoms with E-state index in [1.165, 1.54) is 11.3 Å². The van der Waals surface area contributed by atoms with Crippen molar-refractivity contribution in [2.24, 2.45) is 4.99 Å². The second-order valence-corrected chi connectivity index (χ2v) is 5.80. The Bertz CT molecular complexity index is 494. The number of hydrogen-bond acceptors (Lipinski definition) is 2. The van der Waals surface area contributed by atoms with Crippen molar-refractivity contribution in [1.29, 1.82) is 0 Å². The summed E-state index contributed by atoms with van der Waals surface area (Å²) in [5.74, 6) is 1.02. The maximum absolute atomic E-state index is 4.90. The topological polar surface area (TPSA) is 30.9 Å². The SMILES string of the molecule is CCNC(=NCC(C)N(CC)CC)N1CCc2ccccc21. The van der Waals surface area contributed by atoms with Crippen molar-refractivity contribution in [2.75, 3.05) is 37.6 Å². The van der Waals surface area contributed by atoms with Crippen LogP contribution in [-0.4, -0.2) is 49.6 Å². The molecule has 4 nitrogen and oxygen atoms in total. The van der Waals surface area contributed by atoms with Crippen LogP contribution >= 0.6 is 0 Å². The molecule has 0 aliphatic carbocycles. The Morgan fingerprint density at radius 2 is 2.00 bits per heavy atom. The van der Waals surface area contributed by atoms with Gasteiger partial charge in [-0.15, -0.1) is 0 Å². The van der Waals surface area contributed by atoms with Gasteiger partial charge in [-0.2, -0.15) is 0 Å². The van der Waals surface area contributed by atoms with E-state index < -0.39 is 0 Å². The summed E-state index contributed by atoms with van der Waals surface area (Å²) in [4.78, 5) is 9.68. The number of aliphatic imine (C=N–C) groups is 1. The summed E-state index contributed by atoms with van der Waals surface area (Å²) in [6.45, 7) is 13.7. The zero-order valence-electron chi connectivity index (χ0n) is 14.5. The van der Waals surface area contributed by atoms with Crippen LogP contribution in [0.5, 0.6) is 0 Å². The quantitative estimate of drug-likeness (QED) is 0.647. The first kappa shape index (κ1) is 16.8. The molecule has 0 spiro atoms. The molecule has 1 aromatic carbocycles. The molecule has 0 aromatic heterocycles. The lowest BCUT2D eigenvalue weighted by atomic mass is 10.2. The summed E-state index contributed by atoms with van der Waals surface area (Å²) in [5, 5.41) is 3.45. The zero-order chi connectivity index (χ0) is 15.9. The smallest absolute Gasteiger partial charge is 0.198 e. The standard InChI is InChI=1S/C18H30N4/c1-5-19-18(20-14-15(4)21(6-2)7-3)22-13-12-16-10-8-9-11-17(16)22/h8-11,15H,5-7,12-14H2,1-4H3,(H,19,20). The molecule has 4 heteroatoms. The van der Waals surface area contributed by atoms with Crippen LogP contribution in [0.2, 0.25) is 0 Å². The first-order chi connectivity index (χ1) is 10.7. The van der Waals surface area contributed by atoms with Crippen LogP contribution in [0.15, 0.2) is 29.3 Å². The Balaban J connectivity index is 2.12. The molecule has 1 unspecified atom stereocenters. The van der Waals surface area contributed by atoms with Crippen molar-refractivity contribution in [1.82, 2.24) is 10.2 Å². The molecule has 1 atom stereocenters. The van der Waals surface area contributed by atoms with Crippen molar-refractivity contribution in [2.45, 2.75) is 40.2 Å². The van der Waals surface area contributed by atoms with Crippen LogP contribution in [0, 0.1) is 0 Å². The van der Waals surface area contributed by atoms with E-state index in [9.17, 15) is 0 Å². The first-order valence-electron chi connectivity index (χ1n) is 8.59. The highest BCUT2D eigenvalue weighted by Gasteiger charge is 2.22. The van der Waals surface area contributed by atoms with Crippen molar-refractivity contribution in [3.05, 3.63) is 29.8 Å². The maximum Gasteiger partial charge on any atom is 0.198 e. The summed E-state index contributed by atoms with van der Waals surface area (Å²) < 4.78 is 0. The average molecular weight is 302 g/mol. The Morgan fingerprint density at radius 3 is 2.68 bits per heavy atom. The predicted octanol–water partition coefficient (Wildman–Crippen LogP) is 2.74. The third-order valence-electron chi connectivity index (χ3n) is 4.42. The fraction of sp³-hybridized carbons (Fsp3) is 0.611. The molecule has 1 N–H and O–H groups in total. The highest BCUT2D eigenvalue weighted by molar-refractivity contribution is 5.97. The normalized spacial score (nSPS) is 16.0. The number of guanidine groups is 1. The van der Waals surface area contributed by atoms with Gasteiger partial charge in [0, 0.05) is 24.8 Å². The first-order valence-corrected chi connectivity index (χ1v) is 8.59. The average Bonchev–Trinajstić information content (AvgIpc) is 2.96. The molecule has 1 aliphatic heterocycles. The minimum Gasteiger partial charge on any atom is -0.356 e. The largest absolute Gasteiger partial charge is 0.356 e. The predicted molar refractivity (Wildman–Crippen MR) is 95.9 cm³/mol. The van der Waals surface area contributed by atoms with Gasteiger partial charge in [-0.05, 0) is 45.0 Å². The number of likely N-dealkylation sites (N-methyl/N-ethyl adjacent to an activating group) is 1. The van der Waals surface area contributed by atoms with Gasteiger partial charge in [0.1, 0.15) is 0 Å². The molecule has 0 saturated heterocycles. The maximum atomic E-state index is 4.90. The highest BCUT2D eigenvalue weighted by Crippen LogP contribution is 2.27. The fourth-order valence-electron chi connectivity index (χ4n) is 3.13. The van der Waals surface area contributed by atoms with Gasteiger partial charge < -0.3 is 10.2 Å². The van der Waals surface area contributed by atoms with Gasteiger partial charge in [-0.3, -0.25) is 9.89 Å². The second-order valence-electron chi connectivity index (χ2n) is 5.80. The van der Waals surface area contributed by atoms with Crippen LogP contribution in [0.3, 0.4) is 0 Å². The van der Waals surface area contributed by atoms with Gasteiger partial charge in [0.15, 0.2) is 5.96 Å². The van der Waals surface area contributed by atoms with Gasteiger partial charge >= 0.3 is 0 Å². The van der Waals surface area contributed by atoms with Crippen LogP contribution in [0.4, 0.5) is 5.69 Å². The lowest BCUT2D eigenvalue weighted by Crippen LogP contribution is -2.42. The molecule has 0 fully saturated rings. The summed E-state index contributed by atoms with van der Waals surface area (Å²) in [7, 11) is 0. The third-order valence-corrected chi connectivity index (χ3v) is 4.42. The van der Waals surface area contributed by atoms with Crippen molar-refractivity contribution >= 4 is 11.6 Å². The van der Waals surface area contributed by atoms with Gasteiger partial charge in [0.25, 0.3) is 0 Å². The van der Waals surface area contributed by atoms with E-state index in [4.69, 9.17) is 4.99 Å². The van der Waals surface area contributed by atoms with Gasteiger partial charge in [-0.25, -0.2) is 0 Å². The number of fused-ring (bicyclic) bond motifs is 1. The zero-order valence-corrected chi connectivity index (χ0v) is 14.5. The number of anilines is 1. The van der Waals surface area contributed by atoms with Gasteiger partial charge in [0.05, 0.1) is 6.54 Å². The Hall–Kier alpha value is -1.55. The summed E-state index contributed by atoms with van der Waals surface area (Å²) in [6.07, 6.45) is 1.10. The monoisotopic (exact) mass is 302 g/mol. The summed E-state index contributed by atoms with van der Waals surface area (Å²) in [5.41, 5.74) is 2.72. The summed E-state index contributed by atoms with van der Waals surface area (Å²) in [6, 6.07) is 9.12. The summed E-state index contributed by atoms with van der Waals surface area (Å²) >= 11 is 0. The molecule has 1 heterocycles. The van der Waals surface area contributed by atoms with E-state index in [2.05, 4.69) is 67.1 Å². The number of benzene rings is 1. The van der Waals surface area contributed by atoms with E-state index in [0.29, 0.717) is 6.04 Å². The van der Waals surface area contributed by atoms with Crippen LogP contribution in [-0.2, 0) is 6.42 Å². The Morgan fingerprint density at radius 1 is 1.27 bits per heavy atom. The van der Waals surface area contributed by atoms with Crippen LogP contribution < -0.4 is 10.2 Å². The van der Waals surface area contributed by atoms with Crippen molar-refractivity contribution in [3.8, 4) is 0 Å². The molecule has 122 valence electrons. The second kappa shape index (κ2) is 8.18. The Labute approximate surface area is 135 Å². The number of nitrogens with zero attached hydrogens (tertiary/aromatic N) is 3. The molecular formula is C18H30N4. The van der Waals surface area contributed by atoms with Gasteiger partial charge in [-0.1, -0.05) is 32.0 Å². The minimum absolute atomic E-state index is 0.474. The number of rotatable bonds is 6. The number of hydrogen-bond donors (Lipinski definition) is 1. The van der Waals surface area contributed by atoms with Crippen LogP contribution in [0.1, 0.15) is 33.3 Å². The number of nitrogens with one attached hydrogen (secondary N) is 1. The fourth-order valence-corrected chi connectivity index (χ4v) is 3.13. The molecule has 22 heavy (non-hydrogen) atoms. The molecule has 0 bridgehead atoms. The molecular weight excluding hydrogens is 272 g/mol. The number of para-hydroxylation sites is 1. The van der Waals surface area contributed by atoms with Crippen molar-refractivity contribution < 1.29 is 0 Å². The van der Waals surface area contributed by atoms with E-state index in [-0.39, 0.29) is 0 Å². The van der Waals surface area contributed by atoms with E-state index >= 15 is 0 Å². The molecule has 1 aliphatic rings. The molecule has 0 saturated carbocycles. The molecule has 0 radical (unpaired) electrons. The Kier molecular flexibility index (Phi) is 6.25. The van der Waals surface area contributed by atoms with Crippen molar-refractivity contribution in [3.63, 3.8) is 0 Å². The lowest BCUT2D eigenvalue weighted by molar-refractivity contribution is 0.237.